The van der Waals surface area contributed by atoms with Gasteiger partial charge in [-0.15, -0.1) is 11.8 Å². The van der Waals surface area contributed by atoms with Crippen molar-refractivity contribution in [2.45, 2.75) is 17.2 Å². The number of hydrogen-bond donors (Lipinski definition) is 1. The topological polar surface area (TPSA) is 46.3 Å². The van der Waals surface area contributed by atoms with Crippen LogP contribution < -0.4 is 5.73 Å². The minimum absolute atomic E-state index is 0.173. The summed E-state index contributed by atoms with van der Waals surface area (Å²) in [7, 11) is 0. The van der Waals surface area contributed by atoms with E-state index in [2.05, 4.69) is 12.1 Å². The molecule has 0 saturated carbocycles. The summed E-state index contributed by atoms with van der Waals surface area (Å²) in [5.74, 6) is 1.27. The van der Waals surface area contributed by atoms with E-state index >= 15 is 0 Å². The molecule has 0 radical (unpaired) electrons. The van der Waals surface area contributed by atoms with Gasteiger partial charge in [0.05, 0.1) is 0 Å². The Labute approximate surface area is 152 Å². The SMILES string of the molecule is NC[C@@H]1CN(C(=O)CCSc2ccc(F)cc2)C[C@H]1c1ccccc1. The molecule has 1 amide bonds. The van der Waals surface area contributed by atoms with Gasteiger partial charge in [-0.1, -0.05) is 30.3 Å². The number of likely N-dealkylation sites (tertiary alicyclic amines) is 1. The Morgan fingerprint density at radius 2 is 1.84 bits per heavy atom. The third kappa shape index (κ3) is 4.61. The Bertz CT molecular complexity index is 693. The van der Waals surface area contributed by atoms with E-state index in [9.17, 15) is 9.18 Å². The predicted molar refractivity (Wildman–Crippen MR) is 100 cm³/mol. The molecule has 132 valence electrons. The molecular weight excluding hydrogens is 335 g/mol. The first-order valence-corrected chi connectivity index (χ1v) is 9.57. The van der Waals surface area contributed by atoms with Crippen molar-refractivity contribution >= 4 is 17.7 Å². The van der Waals surface area contributed by atoms with Crippen LogP contribution in [0.3, 0.4) is 0 Å². The zero-order chi connectivity index (χ0) is 17.6. The highest BCUT2D eigenvalue weighted by Crippen LogP contribution is 2.32. The van der Waals surface area contributed by atoms with Gasteiger partial charge in [-0.05, 0) is 42.3 Å². The maximum Gasteiger partial charge on any atom is 0.223 e. The van der Waals surface area contributed by atoms with Crippen molar-refractivity contribution in [1.29, 1.82) is 0 Å². The zero-order valence-corrected chi connectivity index (χ0v) is 14.9. The van der Waals surface area contributed by atoms with Crippen molar-refractivity contribution in [3.8, 4) is 0 Å². The van der Waals surface area contributed by atoms with Crippen LogP contribution in [0.4, 0.5) is 4.39 Å². The van der Waals surface area contributed by atoms with Gasteiger partial charge in [0, 0.05) is 36.1 Å². The Hall–Kier alpha value is -1.85. The molecule has 2 aromatic carbocycles. The third-order valence-electron chi connectivity index (χ3n) is 4.72. The van der Waals surface area contributed by atoms with E-state index in [4.69, 9.17) is 5.73 Å². The summed E-state index contributed by atoms with van der Waals surface area (Å²) >= 11 is 1.58. The molecule has 3 rings (SSSR count). The molecule has 25 heavy (non-hydrogen) atoms. The fraction of sp³-hybridized carbons (Fsp3) is 0.350. The molecule has 0 bridgehead atoms. The normalized spacial score (nSPS) is 20.0. The van der Waals surface area contributed by atoms with E-state index in [1.807, 2.05) is 23.1 Å². The Balaban J connectivity index is 1.53. The largest absolute Gasteiger partial charge is 0.342 e. The molecule has 1 aliphatic rings. The number of nitrogens with zero attached hydrogens (tertiary/aromatic N) is 1. The average molecular weight is 358 g/mol. The number of carbonyl (C=O) groups excluding carboxylic acids is 1. The van der Waals surface area contributed by atoms with Crippen LogP contribution in [0, 0.1) is 11.7 Å². The first kappa shape index (κ1) is 18.0. The maximum absolute atomic E-state index is 12.9. The predicted octanol–water partition coefficient (Wildman–Crippen LogP) is 3.51. The number of benzene rings is 2. The second kappa shape index (κ2) is 8.50. The number of halogens is 1. The molecule has 1 heterocycles. The van der Waals surface area contributed by atoms with Gasteiger partial charge in [0.2, 0.25) is 5.91 Å². The zero-order valence-electron chi connectivity index (χ0n) is 14.1. The van der Waals surface area contributed by atoms with Gasteiger partial charge in [-0.25, -0.2) is 4.39 Å². The van der Waals surface area contributed by atoms with Crippen LogP contribution in [0.2, 0.25) is 0 Å². The third-order valence-corrected chi connectivity index (χ3v) is 5.74. The first-order valence-electron chi connectivity index (χ1n) is 8.58. The van der Waals surface area contributed by atoms with Gasteiger partial charge in [0.1, 0.15) is 5.82 Å². The van der Waals surface area contributed by atoms with Crippen molar-refractivity contribution in [3.63, 3.8) is 0 Å². The lowest BCUT2D eigenvalue weighted by Crippen LogP contribution is -2.30. The number of nitrogens with two attached hydrogens (primary N) is 1. The fourth-order valence-corrected chi connectivity index (χ4v) is 4.18. The van der Waals surface area contributed by atoms with Crippen LogP contribution in [-0.4, -0.2) is 36.2 Å². The summed E-state index contributed by atoms with van der Waals surface area (Å²) < 4.78 is 12.9. The van der Waals surface area contributed by atoms with Gasteiger partial charge in [-0.2, -0.15) is 0 Å². The molecule has 1 fully saturated rings. The molecule has 0 aliphatic carbocycles. The molecule has 5 heteroatoms. The highest BCUT2D eigenvalue weighted by molar-refractivity contribution is 7.99. The Morgan fingerprint density at radius 1 is 1.12 bits per heavy atom. The number of thioether (sulfide) groups is 1. The van der Waals surface area contributed by atoms with Crippen LogP contribution in [0.5, 0.6) is 0 Å². The average Bonchev–Trinajstić information content (AvgIpc) is 3.08. The minimum atomic E-state index is -0.239. The van der Waals surface area contributed by atoms with Gasteiger partial charge in [0.15, 0.2) is 0 Å². The van der Waals surface area contributed by atoms with E-state index < -0.39 is 0 Å². The molecule has 0 aromatic heterocycles. The van der Waals surface area contributed by atoms with Crippen molar-refractivity contribution < 1.29 is 9.18 Å². The van der Waals surface area contributed by atoms with Gasteiger partial charge >= 0.3 is 0 Å². The van der Waals surface area contributed by atoms with E-state index in [-0.39, 0.29) is 11.7 Å². The first-order chi connectivity index (χ1) is 12.2. The molecule has 2 atom stereocenters. The Morgan fingerprint density at radius 3 is 2.52 bits per heavy atom. The lowest BCUT2D eigenvalue weighted by atomic mass is 9.89. The van der Waals surface area contributed by atoms with E-state index in [0.29, 0.717) is 30.6 Å². The van der Waals surface area contributed by atoms with Crippen LogP contribution >= 0.6 is 11.8 Å². The van der Waals surface area contributed by atoms with Crippen LogP contribution in [-0.2, 0) is 4.79 Å². The maximum atomic E-state index is 12.9. The van der Waals surface area contributed by atoms with Crippen LogP contribution in [0.15, 0.2) is 59.5 Å². The summed E-state index contributed by atoms with van der Waals surface area (Å²) in [5, 5.41) is 0. The standard InChI is InChI=1S/C20H23FN2OS/c21-17-6-8-18(9-7-17)25-11-10-20(24)23-13-16(12-22)19(14-23)15-4-2-1-3-5-15/h1-9,16,19H,10-14,22H2/t16-,19+/m1/s1. The second-order valence-corrected chi connectivity index (χ2v) is 7.53. The number of rotatable bonds is 6. The molecule has 0 spiro atoms. The van der Waals surface area contributed by atoms with Gasteiger partial charge in [0.25, 0.3) is 0 Å². The summed E-state index contributed by atoms with van der Waals surface area (Å²) in [5.41, 5.74) is 7.20. The molecule has 1 aliphatic heterocycles. The molecule has 2 aromatic rings. The summed E-state index contributed by atoms with van der Waals surface area (Å²) in [6, 6.07) is 16.7. The van der Waals surface area contributed by atoms with E-state index in [0.717, 1.165) is 18.0 Å². The summed E-state index contributed by atoms with van der Waals surface area (Å²) in [6.07, 6.45) is 0.487. The molecule has 2 N–H and O–H groups in total. The smallest absolute Gasteiger partial charge is 0.223 e. The molecule has 0 unspecified atom stereocenters. The monoisotopic (exact) mass is 358 g/mol. The number of carbonyl (C=O) groups is 1. The summed E-state index contributed by atoms with van der Waals surface area (Å²) in [6.45, 7) is 2.07. The quantitative estimate of drug-likeness (QED) is 0.804. The van der Waals surface area contributed by atoms with Crippen LogP contribution in [0.1, 0.15) is 17.9 Å². The van der Waals surface area contributed by atoms with E-state index in [1.165, 1.54) is 17.7 Å². The second-order valence-electron chi connectivity index (χ2n) is 6.36. The highest BCUT2D eigenvalue weighted by Gasteiger charge is 2.34. The van der Waals surface area contributed by atoms with Gasteiger partial charge in [-0.3, -0.25) is 4.79 Å². The lowest BCUT2D eigenvalue weighted by Gasteiger charge is -2.16. The van der Waals surface area contributed by atoms with Crippen molar-refractivity contribution in [3.05, 3.63) is 66.0 Å². The molecule has 1 saturated heterocycles. The molecule has 3 nitrogen and oxygen atoms in total. The Kier molecular flexibility index (Phi) is 6.10. The van der Waals surface area contributed by atoms with Gasteiger partial charge < -0.3 is 10.6 Å². The lowest BCUT2D eigenvalue weighted by molar-refractivity contribution is -0.129. The number of hydrogen-bond acceptors (Lipinski definition) is 3. The fourth-order valence-electron chi connectivity index (χ4n) is 3.34. The molecular formula is C20H23FN2OS. The van der Waals surface area contributed by atoms with E-state index in [1.54, 1.807) is 23.9 Å². The van der Waals surface area contributed by atoms with Crippen molar-refractivity contribution in [2.24, 2.45) is 11.7 Å². The minimum Gasteiger partial charge on any atom is -0.342 e. The van der Waals surface area contributed by atoms with Crippen LogP contribution in [0.25, 0.3) is 0 Å². The summed E-state index contributed by atoms with van der Waals surface area (Å²) in [4.78, 5) is 15.5. The number of amides is 1. The highest BCUT2D eigenvalue weighted by atomic mass is 32.2. The van der Waals surface area contributed by atoms with Crippen molar-refractivity contribution in [1.82, 2.24) is 4.90 Å². The van der Waals surface area contributed by atoms with Crippen molar-refractivity contribution in [2.75, 3.05) is 25.4 Å².